The average Bonchev–Trinajstić information content (AvgIpc) is 2.58. The van der Waals surface area contributed by atoms with Gasteiger partial charge in [-0.2, -0.15) is 8.42 Å². The van der Waals surface area contributed by atoms with Gasteiger partial charge >= 0.3 is 16.2 Å². The molecule has 0 aliphatic carbocycles. The van der Waals surface area contributed by atoms with Crippen molar-refractivity contribution in [2.45, 2.75) is 13.1 Å². The van der Waals surface area contributed by atoms with Crippen LogP contribution >= 0.6 is 0 Å². The molecule has 16 heavy (non-hydrogen) atoms. The summed E-state index contributed by atoms with van der Waals surface area (Å²) < 4.78 is 25.9. The van der Waals surface area contributed by atoms with E-state index in [4.69, 9.17) is 0 Å². The molecule has 0 aromatic heterocycles. The fraction of sp³-hybridized carbons (Fsp3) is 0.300. The van der Waals surface area contributed by atoms with Crippen LogP contribution in [0.15, 0.2) is 24.3 Å². The van der Waals surface area contributed by atoms with Crippen LogP contribution < -0.4 is 0 Å². The molecule has 0 unspecified atom stereocenters. The fourth-order valence-electron chi connectivity index (χ4n) is 1.64. The Balaban J connectivity index is 2.09. The molecule has 0 bridgehead atoms. The molecule has 1 heterocycles. The van der Waals surface area contributed by atoms with Gasteiger partial charge in [-0.1, -0.05) is 24.3 Å². The number of carbonyl (C=O) groups excluding carboxylic acids is 1. The third kappa shape index (κ3) is 2.33. The average molecular weight is 241 g/mol. The zero-order valence-electron chi connectivity index (χ0n) is 8.71. The number of rotatable bonds is 1. The molecule has 0 saturated heterocycles. The molecule has 1 amide bonds. The van der Waals surface area contributed by atoms with Gasteiger partial charge < -0.3 is 4.18 Å². The molecule has 0 spiro atoms. The lowest BCUT2D eigenvalue weighted by molar-refractivity contribution is 0.155. The third-order valence-corrected chi connectivity index (χ3v) is 2.77. The zero-order valence-corrected chi connectivity index (χ0v) is 9.53. The predicted molar refractivity (Wildman–Crippen MR) is 57.0 cm³/mol. The summed E-state index contributed by atoms with van der Waals surface area (Å²) in [6, 6.07) is 7.57. The van der Waals surface area contributed by atoms with Crippen LogP contribution in [0, 0.1) is 0 Å². The van der Waals surface area contributed by atoms with Gasteiger partial charge in [-0.05, 0) is 11.1 Å². The first-order valence-corrected chi connectivity index (χ1v) is 6.52. The van der Waals surface area contributed by atoms with Crippen molar-refractivity contribution in [2.75, 3.05) is 6.26 Å². The third-order valence-electron chi connectivity index (χ3n) is 2.32. The van der Waals surface area contributed by atoms with E-state index in [1.54, 1.807) is 0 Å². The first-order valence-electron chi connectivity index (χ1n) is 4.71. The number of hydrogen-bond acceptors (Lipinski definition) is 4. The number of benzene rings is 1. The molecule has 1 aliphatic heterocycles. The summed E-state index contributed by atoms with van der Waals surface area (Å²) in [6.07, 6.45) is 0.0346. The Labute approximate surface area is 93.8 Å². The van der Waals surface area contributed by atoms with Gasteiger partial charge in [-0.3, -0.25) is 4.90 Å². The highest BCUT2D eigenvalue weighted by Crippen LogP contribution is 2.22. The van der Waals surface area contributed by atoms with Crippen LogP contribution in [-0.2, 0) is 27.4 Å². The Morgan fingerprint density at radius 3 is 2.19 bits per heavy atom. The molecule has 0 atom stereocenters. The lowest BCUT2D eigenvalue weighted by Gasteiger charge is -2.13. The molecule has 0 radical (unpaired) electrons. The van der Waals surface area contributed by atoms with E-state index in [-0.39, 0.29) is 0 Å². The monoisotopic (exact) mass is 241 g/mol. The quantitative estimate of drug-likeness (QED) is 0.691. The number of nitrogens with zero attached hydrogens (tertiary/aromatic N) is 1. The Morgan fingerprint density at radius 2 is 1.75 bits per heavy atom. The van der Waals surface area contributed by atoms with Crippen LogP contribution in [0.4, 0.5) is 4.79 Å². The Morgan fingerprint density at radius 1 is 1.25 bits per heavy atom. The van der Waals surface area contributed by atoms with Crippen molar-refractivity contribution in [1.29, 1.82) is 0 Å². The van der Waals surface area contributed by atoms with E-state index in [2.05, 4.69) is 4.18 Å². The standard InChI is InChI=1S/C10H11NO4S/c1-16(13,14)15-10(12)11-6-8-4-2-3-5-9(8)7-11/h2-5H,6-7H2,1H3. The smallest absolute Gasteiger partial charge is 0.328 e. The Bertz CT molecular complexity index is 498. The lowest BCUT2D eigenvalue weighted by Crippen LogP contribution is -2.28. The van der Waals surface area contributed by atoms with Gasteiger partial charge in [0.15, 0.2) is 0 Å². The van der Waals surface area contributed by atoms with Crippen molar-refractivity contribution in [2.24, 2.45) is 0 Å². The van der Waals surface area contributed by atoms with Crippen molar-refractivity contribution in [3.63, 3.8) is 0 Å². The second kappa shape index (κ2) is 3.79. The first-order chi connectivity index (χ1) is 7.46. The second-order valence-electron chi connectivity index (χ2n) is 3.68. The van der Waals surface area contributed by atoms with Gasteiger partial charge in [0.1, 0.15) is 0 Å². The van der Waals surface area contributed by atoms with E-state index in [0.717, 1.165) is 17.4 Å². The molecule has 1 aromatic carbocycles. The van der Waals surface area contributed by atoms with Crippen molar-refractivity contribution < 1.29 is 17.4 Å². The maximum absolute atomic E-state index is 11.5. The van der Waals surface area contributed by atoms with Crippen LogP contribution in [0.3, 0.4) is 0 Å². The van der Waals surface area contributed by atoms with Gasteiger partial charge in [0.2, 0.25) is 0 Å². The SMILES string of the molecule is CS(=O)(=O)OC(=O)N1Cc2ccccc2C1. The van der Waals surface area contributed by atoms with Crippen LogP contribution in [0.25, 0.3) is 0 Å². The van der Waals surface area contributed by atoms with Crippen molar-refractivity contribution >= 4 is 16.2 Å². The van der Waals surface area contributed by atoms with Crippen molar-refractivity contribution in [1.82, 2.24) is 4.90 Å². The molecular weight excluding hydrogens is 230 g/mol. The number of amides is 1. The number of carbonyl (C=O) groups is 1. The Hall–Kier alpha value is -1.56. The van der Waals surface area contributed by atoms with E-state index in [0.29, 0.717) is 13.1 Å². The van der Waals surface area contributed by atoms with Crippen molar-refractivity contribution in [3.8, 4) is 0 Å². The summed E-state index contributed by atoms with van der Waals surface area (Å²) in [7, 11) is -3.74. The molecule has 1 aliphatic rings. The highest BCUT2D eigenvalue weighted by molar-refractivity contribution is 7.86. The van der Waals surface area contributed by atoms with E-state index >= 15 is 0 Å². The molecule has 6 heteroatoms. The van der Waals surface area contributed by atoms with Crippen molar-refractivity contribution in [3.05, 3.63) is 35.4 Å². The van der Waals surface area contributed by atoms with Crippen LogP contribution in [0.2, 0.25) is 0 Å². The van der Waals surface area contributed by atoms with E-state index in [9.17, 15) is 13.2 Å². The minimum Gasteiger partial charge on any atom is -0.328 e. The molecule has 1 aromatic rings. The predicted octanol–water partition coefficient (Wildman–Crippen LogP) is 1.10. The molecule has 0 saturated carbocycles. The lowest BCUT2D eigenvalue weighted by atomic mass is 10.1. The molecular formula is C10H11NO4S. The van der Waals surface area contributed by atoms with Gasteiger partial charge in [-0.25, -0.2) is 4.79 Å². The highest BCUT2D eigenvalue weighted by atomic mass is 32.2. The fourth-order valence-corrected chi connectivity index (χ4v) is 2.01. The van der Waals surface area contributed by atoms with E-state index in [1.807, 2.05) is 24.3 Å². The summed E-state index contributed by atoms with van der Waals surface area (Å²) in [5.41, 5.74) is 2.04. The molecule has 0 N–H and O–H groups in total. The largest absolute Gasteiger partial charge is 0.426 e. The van der Waals surface area contributed by atoms with Gasteiger partial charge in [0.25, 0.3) is 0 Å². The maximum atomic E-state index is 11.5. The normalized spacial score (nSPS) is 14.7. The number of fused-ring (bicyclic) bond motifs is 1. The summed E-state index contributed by atoms with van der Waals surface area (Å²) in [5.74, 6) is 0. The summed E-state index contributed by atoms with van der Waals surface area (Å²) in [6.45, 7) is 0.787. The topological polar surface area (TPSA) is 63.7 Å². The van der Waals surface area contributed by atoms with Crippen LogP contribution in [0.1, 0.15) is 11.1 Å². The summed E-state index contributed by atoms with van der Waals surface area (Å²) >= 11 is 0. The van der Waals surface area contributed by atoms with Gasteiger partial charge in [0.05, 0.1) is 6.26 Å². The zero-order chi connectivity index (χ0) is 11.8. The minimum atomic E-state index is -3.74. The molecule has 5 nitrogen and oxygen atoms in total. The summed E-state index contributed by atoms with van der Waals surface area (Å²) in [5, 5.41) is 0. The second-order valence-corrected chi connectivity index (χ2v) is 5.25. The maximum Gasteiger partial charge on any atom is 0.426 e. The minimum absolute atomic E-state index is 0.393. The summed E-state index contributed by atoms with van der Waals surface area (Å²) in [4.78, 5) is 12.8. The molecule has 0 fully saturated rings. The van der Waals surface area contributed by atoms with E-state index < -0.39 is 16.2 Å². The van der Waals surface area contributed by atoms with Gasteiger partial charge in [-0.15, -0.1) is 0 Å². The number of hydrogen-bond donors (Lipinski definition) is 0. The van der Waals surface area contributed by atoms with Crippen LogP contribution in [-0.4, -0.2) is 25.7 Å². The first kappa shape index (κ1) is 10.9. The van der Waals surface area contributed by atoms with Gasteiger partial charge in [0, 0.05) is 13.1 Å². The van der Waals surface area contributed by atoms with Crippen LogP contribution in [0.5, 0.6) is 0 Å². The molecule has 2 rings (SSSR count). The Kier molecular flexibility index (Phi) is 2.59. The van der Waals surface area contributed by atoms with E-state index in [1.165, 1.54) is 4.90 Å². The molecule has 86 valence electrons. The highest BCUT2D eigenvalue weighted by Gasteiger charge is 2.26.